The first kappa shape index (κ1) is 20.8. The highest BCUT2D eigenvalue weighted by atomic mass is 16.6. The van der Waals surface area contributed by atoms with E-state index in [-0.39, 0.29) is 24.1 Å². The number of non-ortho nitro benzene ring substituents is 1. The number of likely N-dealkylation sites (tertiary alicyclic amines) is 1. The van der Waals surface area contributed by atoms with Crippen LogP contribution in [0.2, 0.25) is 0 Å². The van der Waals surface area contributed by atoms with Gasteiger partial charge in [0.15, 0.2) is 0 Å². The fraction of sp³-hybridized carbons (Fsp3) is 0.381. The molecule has 1 aliphatic heterocycles. The average molecular weight is 399 g/mol. The number of amides is 1. The molecule has 0 aromatic heterocycles. The van der Waals surface area contributed by atoms with Crippen LogP contribution in [0.3, 0.4) is 0 Å². The number of piperidine rings is 1. The molecule has 154 valence electrons. The van der Waals surface area contributed by atoms with E-state index in [9.17, 15) is 20.0 Å². The van der Waals surface area contributed by atoms with Crippen LogP contribution in [0.15, 0.2) is 54.6 Å². The Morgan fingerprint density at radius 1 is 1.28 bits per heavy atom. The number of rotatable bonds is 8. The quantitative estimate of drug-likeness (QED) is 0.522. The van der Waals surface area contributed by atoms with Gasteiger partial charge in [0, 0.05) is 24.8 Å². The molecule has 2 aromatic carbocycles. The van der Waals surface area contributed by atoms with Crippen LogP contribution in [0.1, 0.15) is 12.8 Å². The highest BCUT2D eigenvalue weighted by Gasteiger charge is 2.27. The molecule has 1 saturated heterocycles. The second-order valence-corrected chi connectivity index (χ2v) is 7.17. The molecule has 0 bridgehead atoms. The number of nitro benzene ring substituents is 1. The summed E-state index contributed by atoms with van der Waals surface area (Å²) in [6.45, 7) is 1.79. The fourth-order valence-electron chi connectivity index (χ4n) is 3.43. The van der Waals surface area contributed by atoms with E-state index < -0.39 is 11.0 Å². The predicted molar refractivity (Wildman–Crippen MR) is 109 cm³/mol. The summed E-state index contributed by atoms with van der Waals surface area (Å²) in [5.41, 5.74) is 0.723. The zero-order valence-electron chi connectivity index (χ0n) is 16.1. The number of benzene rings is 2. The zero-order chi connectivity index (χ0) is 20.6. The SMILES string of the molecule is O=C(Nc1ccccc1)[C@H]1CCCN(C[C@H](O)COc2cccc([N+](=O)[O-])c2)C1. The molecule has 1 amide bonds. The van der Waals surface area contributed by atoms with E-state index in [1.165, 1.54) is 12.1 Å². The van der Waals surface area contributed by atoms with Gasteiger partial charge in [-0.15, -0.1) is 0 Å². The van der Waals surface area contributed by atoms with Gasteiger partial charge in [0.2, 0.25) is 5.91 Å². The van der Waals surface area contributed by atoms with Gasteiger partial charge in [-0.05, 0) is 37.6 Å². The molecule has 8 heteroatoms. The number of ether oxygens (including phenoxy) is 1. The molecule has 0 unspecified atom stereocenters. The van der Waals surface area contributed by atoms with Gasteiger partial charge in [-0.1, -0.05) is 24.3 Å². The van der Waals surface area contributed by atoms with Crippen molar-refractivity contribution in [3.63, 3.8) is 0 Å². The number of nitrogens with one attached hydrogen (secondary N) is 1. The standard InChI is InChI=1S/C21H25N3O5/c25-19(15-29-20-10-4-9-18(12-20)24(27)28)14-23-11-5-6-16(13-23)21(26)22-17-7-2-1-3-8-17/h1-4,7-10,12,16,19,25H,5-6,11,13-15H2,(H,22,26)/t16-,19-/m0/s1. The van der Waals surface area contributed by atoms with Gasteiger partial charge in [0.25, 0.3) is 5.69 Å². The van der Waals surface area contributed by atoms with Crippen molar-refractivity contribution in [1.82, 2.24) is 4.90 Å². The number of hydrogen-bond donors (Lipinski definition) is 2. The summed E-state index contributed by atoms with van der Waals surface area (Å²) in [4.78, 5) is 24.9. The maximum Gasteiger partial charge on any atom is 0.273 e. The van der Waals surface area contributed by atoms with Crippen LogP contribution in [-0.2, 0) is 4.79 Å². The van der Waals surface area contributed by atoms with Gasteiger partial charge in [-0.2, -0.15) is 0 Å². The molecule has 2 atom stereocenters. The Morgan fingerprint density at radius 3 is 2.83 bits per heavy atom. The molecular formula is C21H25N3O5. The Bertz CT molecular complexity index is 830. The van der Waals surface area contributed by atoms with Crippen molar-refractivity contribution < 1.29 is 19.6 Å². The lowest BCUT2D eigenvalue weighted by Crippen LogP contribution is -2.44. The topological polar surface area (TPSA) is 105 Å². The maximum atomic E-state index is 12.5. The molecule has 2 aromatic rings. The van der Waals surface area contributed by atoms with Crippen molar-refractivity contribution in [2.45, 2.75) is 18.9 Å². The number of nitro groups is 1. The number of aliphatic hydroxyl groups is 1. The minimum atomic E-state index is -0.759. The van der Waals surface area contributed by atoms with Gasteiger partial charge in [0.05, 0.1) is 16.9 Å². The van der Waals surface area contributed by atoms with Gasteiger partial charge in [-0.25, -0.2) is 0 Å². The largest absolute Gasteiger partial charge is 0.491 e. The number of carbonyl (C=O) groups is 1. The molecule has 29 heavy (non-hydrogen) atoms. The van der Waals surface area contributed by atoms with Crippen molar-refractivity contribution >= 4 is 17.3 Å². The fourth-order valence-corrected chi connectivity index (χ4v) is 3.43. The van der Waals surface area contributed by atoms with Crippen LogP contribution in [0.25, 0.3) is 0 Å². The van der Waals surface area contributed by atoms with Crippen molar-refractivity contribution in [3.8, 4) is 5.75 Å². The highest BCUT2D eigenvalue weighted by molar-refractivity contribution is 5.92. The molecule has 1 fully saturated rings. The first-order chi connectivity index (χ1) is 14.0. The van der Waals surface area contributed by atoms with Crippen molar-refractivity contribution in [1.29, 1.82) is 0 Å². The summed E-state index contributed by atoms with van der Waals surface area (Å²) in [6.07, 6.45) is 0.936. The van der Waals surface area contributed by atoms with E-state index >= 15 is 0 Å². The second-order valence-electron chi connectivity index (χ2n) is 7.17. The molecule has 0 aliphatic carbocycles. The van der Waals surface area contributed by atoms with Gasteiger partial charge < -0.3 is 15.2 Å². The Labute approximate surface area is 169 Å². The third kappa shape index (κ3) is 6.27. The van der Waals surface area contributed by atoms with Gasteiger partial charge >= 0.3 is 0 Å². The molecule has 1 heterocycles. The number of para-hydroxylation sites is 1. The lowest BCUT2D eigenvalue weighted by atomic mass is 9.96. The van der Waals surface area contributed by atoms with E-state index in [0.717, 1.165) is 25.1 Å². The third-order valence-electron chi connectivity index (χ3n) is 4.86. The van der Waals surface area contributed by atoms with Crippen molar-refractivity contribution in [3.05, 3.63) is 64.7 Å². The summed E-state index contributed by atoms with van der Waals surface area (Å²) < 4.78 is 5.49. The second kappa shape index (κ2) is 9.99. The summed E-state index contributed by atoms with van der Waals surface area (Å²) in [7, 11) is 0. The molecule has 8 nitrogen and oxygen atoms in total. The van der Waals surface area contributed by atoms with Crippen molar-refractivity contribution in [2.24, 2.45) is 5.92 Å². The van der Waals surface area contributed by atoms with Crippen molar-refractivity contribution in [2.75, 3.05) is 31.6 Å². The first-order valence-corrected chi connectivity index (χ1v) is 9.65. The third-order valence-corrected chi connectivity index (χ3v) is 4.86. The Morgan fingerprint density at radius 2 is 2.07 bits per heavy atom. The number of anilines is 1. The van der Waals surface area contributed by atoms with Gasteiger partial charge in [-0.3, -0.25) is 19.8 Å². The van der Waals surface area contributed by atoms with Crippen LogP contribution in [0, 0.1) is 16.0 Å². The van der Waals surface area contributed by atoms with E-state index in [0.29, 0.717) is 18.8 Å². The molecular weight excluding hydrogens is 374 g/mol. The van der Waals surface area contributed by atoms with E-state index in [1.807, 2.05) is 30.3 Å². The Hall–Kier alpha value is -2.97. The molecule has 2 N–H and O–H groups in total. The van der Waals surface area contributed by atoms with E-state index in [1.54, 1.807) is 12.1 Å². The van der Waals surface area contributed by atoms with Crippen LogP contribution < -0.4 is 10.1 Å². The minimum Gasteiger partial charge on any atom is -0.491 e. The monoisotopic (exact) mass is 399 g/mol. The Balaban J connectivity index is 1.46. The average Bonchev–Trinajstić information content (AvgIpc) is 2.73. The van der Waals surface area contributed by atoms with Crippen LogP contribution in [-0.4, -0.2) is 53.2 Å². The normalized spacial score (nSPS) is 18.0. The smallest absolute Gasteiger partial charge is 0.273 e. The number of hydrogen-bond acceptors (Lipinski definition) is 6. The summed E-state index contributed by atoms with van der Waals surface area (Å²) in [5.74, 6) is 0.203. The number of nitrogens with zero attached hydrogens (tertiary/aromatic N) is 2. The summed E-state index contributed by atoms with van der Waals surface area (Å²) in [5, 5.41) is 24.1. The Kier molecular flexibility index (Phi) is 7.15. The lowest BCUT2D eigenvalue weighted by Gasteiger charge is -2.33. The molecule has 0 spiro atoms. The van der Waals surface area contributed by atoms with Crippen LogP contribution in [0.5, 0.6) is 5.75 Å². The van der Waals surface area contributed by atoms with Crippen LogP contribution in [0.4, 0.5) is 11.4 Å². The maximum absolute atomic E-state index is 12.5. The number of aliphatic hydroxyl groups excluding tert-OH is 1. The molecule has 0 saturated carbocycles. The molecule has 0 radical (unpaired) electrons. The van der Waals surface area contributed by atoms with Gasteiger partial charge in [0.1, 0.15) is 18.5 Å². The van der Waals surface area contributed by atoms with Crippen LogP contribution >= 0.6 is 0 Å². The molecule has 3 rings (SSSR count). The lowest BCUT2D eigenvalue weighted by molar-refractivity contribution is -0.384. The molecule has 1 aliphatic rings. The summed E-state index contributed by atoms with van der Waals surface area (Å²) in [6, 6.07) is 15.2. The van der Waals surface area contributed by atoms with E-state index in [4.69, 9.17) is 4.74 Å². The number of β-amino-alcohol motifs (C(OH)–C–C–N with tert-alkyl or cyclic N) is 1. The summed E-state index contributed by atoms with van der Waals surface area (Å²) >= 11 is 0. The minimum absolute atomic E-state index is 0.0109. The first-order valence-electron chi connectivity index (χ1n) is 9.65. The predicted octanol–water partition coefficient (Wildman–Crippen LogP) is 2.69. The van der Waals surface area contributed by atoms with E-state index in [2.05, 4.69) is 10.2 Å². The highest BCUT2D eigenvalue weighted by Crippen LogP contribution is 2.21. The number of carbonyl (C=O) groups excluding carboxylic acids is 1. The zero-order valence-corrected chi connectivity index (χ0v) is 16.1.